The lowest BCUT2D eigenvalue weighted by atomic mass is 9.73. The first-order valence-corrected chi connectivity index (χ1v) is 17.0. The molecule has 9 heteroatoms. The summed E-state index contributed by atoms with van der Waals surface area (Å²) in [5.74, 6) is 1.24. The van der Waals surface area contributed by atoms with Crippen molar-refractivity contribution in [1.82, 2.24) is 20.2 Å². The molecule has 2 aromatic heterocycles. The molecule has 2 heterocycles. The predicted molar refractivity (Wildman–Crippen MR) is 187 cm³/mol. The van der Waals surface area contributed by atoms with Gasteiger partial charge in [0.1, 0.15) is 11.5 Å². The Balaban J connectivity index is 0.999. The van der Waals surface area contributed by atoms with Gasteiger partial charge in [0.15, 0.2) is 5.60 Å². The fraction of sp³-hybridized carbons (Fsp3) is 0.385. The molecule has 3 aromatic carbocycles. The van der Waals surface area contributed by atoms with Crippen LogP contribution in [0.25, 0.3) is 10.9 Å². The number of aromatic nitrogens is 2. The number of nitrogens with one attached hydrogen (secondary N) is 2. The number of aliphatic hydroxyl groups is 2. The molecule has 2 atom stereocenters. The molecule has 9 nitrogen and oxygen atoms in total. The quantitative estimate of drug-likeness (QED) is 0.0984. The van der Waals surface area contributed by atoms with E-state index in [1.54, 1.807) is 18.3 Å². The number of pyridine rings is 1. The largest absolute Gasteiger partial charge is 0.506 e. The number of hydrogen-bond donors (Lipinski definition) is 5. The summed E-state index contributed by atoms with van der Waals surface area (Å²) < 4.78 is 6.27. The van der Waals surface area contributed by atoms with Crippen LogP contribution >= 0.6 is 0 Å². The van der Waals surface area contributed by atoms with Crippen LogP contribution in [0.3, 0.4) is 0 Å². The fourth-order valence-electron chi connectivity index (χ4n) is 7.05. The van der Waals surface area contributed by atoms with Gasteiger partial charge in [-0.05, 0) is 67.2 Å². The van der Waals surface area contributed by atoms with Crippen molar-refractivity contribution in [1.29, 1.82) is 0 Å². The van der Waals surface area contributed by atoms with Crippen molar-refractivity contribution in [3.05, 3.63) is 129 Å². The highest BCUT2D eigenvalue weighted by molar-refractivity contribution is 5.87. The Morgan fingerprint density at radius 3 is 2.60 bits per heavy atom. The molecule has 1 aliphatic carbocycles. The average Bonchev–Trinajstić information content (AvgIpc) is 3.60. The van der Waals surface area contributed by atoms with Gasteiger partial charge < -0.3 is 34.9 Å². The fourth-order valence-corrected chi connectivity index (χ4v) is 7.05. The molecule has 5 N–H and O–H groups in total. The molecule has 252 valence electrons. The van der Waals surface area contributed by atoms with E-state index in [0.717, 1.165) is 56.5 Å². The van der Waals surface area contributed by atoms with E-state index in [4.69, 9.17) is 4.42 Å². The number of phenols is 1. The average molecular weight is 651 g/mol. The van der Waals surface area contributed by atoms with Gasteiger partial charge in [0, 0.05) is 43.4 Å². The zero-order valence-electron chi connectivity index (χ0n) is 27.6. The Morgan fingerprint density at radius 1 is 1.00 bits per heavy atom. The van der Waals surface area contributed by atoms with E-state index < -0.39 is 11.7 Å². The Labute approximate surface area is 281 Å². The van der Waals surface area contributed by atoms with Gasteiger partial charge >= 0.3 is 0 Å². The number of nitrogens with zero attached hydrogens (tertiary/aromatic N) is 2. The smallest absolute Gasteiger partial charge is 0.248 e. The van der Waals surface area contributed by atoms with Crippen LogP contribution in [0.1, 0.15) is 72.1 Å². The molecule has 0 aliphatic heterocycles. The van der Waals surface area contributed by atoms with E-state index in [1.807, 2.05) is 30.3 Å². The molecule has 1 fully saturated rings. The number of fused-ring (bicyclic) bond motifs is 1. The maximum absolute atomic E-state index is 12.1. The minimum absolute atomic E-state index is 0.0225. The number of hydrogen-bond acceptors (Lipinski definition) is 8. The van der Waals surface area contributed by atoms with Crippen LogP contribution < -0.4 is 10.9 Å². The summed E-state index contributed by atoms with van der Waals surface area (Å²) in [6.45, 7) is 2.60. The maximum atomic E-state index is 12.1. The second-order valence-corrected chi connectivity index (χ2v) is 13.2. The van der Waals surface area contributed by atoms with E-state index in [9.17, 15) is 20.1 Å². The van der Waals surface area contributed by atoms with Gasteiger partial charge in [-0.3, -0.25) is 4.79 Å². The first-order valence-electron chi connectivity index (χ1n) is 17.0. The van der Waals surface area contributed by atoms with E-state index in [-0.39, 0.29) is 17.2 Å². The van der Waals surface area contributed by atoms with Gasteiger partial charge in [-0.1, -0.05) is 79.9 Å². The van der Waals surface area contributed by atoms with Crippen molar-refractivity contribution in [3.63, 3.8) is 0 Å². The molecular formula is C39H46N4O5. The number of aromatic hydroxyl groups is 1. The third-order valence-corrected chi connectivity index (χ3v) is 9.67. The van der Waals surface area contributed by atoms with Crippen LogP contribution in [0, 0.1) is 5.92 Å². The van der Waals surface area contributed by atoms with Gasteiger partial charge in [-0.25, -0.2) is 4.98 Å². The highest BCUT2D eigenvalue weighted by Gasteiger charge is 2.44. The summed E-state index contributed by atoms with van der Waals surface area (Å²) in [7, 11) is 2.10. The van der Waals surface area contributed by atoms with Gasteiger partial charge in [0.2, 0.25) is 11.4 Å². The van der Waals surface area contributed by atoms with Crippen LogP contribution in [0.5, 0.6) is 5.75 Å². The van der Waals surface area contributed by atoms with Crippen molar-refractivity contribution >= 4 is 10.9 Å². The van der Waals surface area contributed by atoms with Crippen LogP contribution in [-0.4, -0.2) is 56.9 Å². The number of aliphatic hydroxyl groups excluding tert-OH is 1. The molecule has 0 amide bonds. The zero-order chi connectivity index (χ0) is 33.5. The molecule has 0 bridgehead atoms. The normalized spacial score (nSPS) is 15.9. The molecule has 5 aromatic rings. The Kier molecular flexibility index (Phi) is 10.7. The van der Waals surface area contributed by atoms with E-state index in [2.05, 4.69) is 51.5 Å². The number of H-pyrrole nitrogens is 1. The maximum Gasteiger partial charge on any atom is 0.248 e. The molecule has 0 unspecified atom stereocenters. The minimum atomic E-state index is -1.22. The third kappa shape index (κ3) is 7.71. The third-order valence-electron chi connectivity index (χ3n) is 9.67. The minimum Gasteiger partial charge on any atom is -0.506 e. The van der Waals surface area contributed by atoms with Crippen molar-refractivity contribution in [3.8, 4) is 5.75 Å². The van der Waals surface area contributed by atoms with Gasteiger partial charge in [0.05, 0.1) is 17.8 Å². The monoisotopic (exact) mass is 650 g/mol. The second-order valence-electron chi connectivity index (χ2n) is 13.2. The topological polar surface area (TPSA) is 135 Å². The lowest BCUT2D eigenvalue weighted by molar-refractivity contribution is -0.0239. The summed E-state index contributed by atoms with van der Waals surface area (Å²) in [5.41, 5.74) is 2.72. The van der Waals surface area contributed by atoms with Crippen LogP contribution in [0.4, 0.5) is 0 Å². The standard InChI is InChI=1S/C39H46N4O5/c1-43(22-20-31-24-41-38(48-31)39(47,29-11-4-2-5-12-29)30-13-6-3-7-14-30)26-28-10-8-9-27(23-28)19-21-40-25-35(45)32-15-17-34(44)37-33(32)16-18-36(46)42-37/h2,4-5,8-12,15-18,23-24,30,35,40,44-45,47H,3,6-7,13-14,19-22,25-26H2,1H3,(H,42,46)/t35-,39-/m0/s1. The van der Waals surface area contributed by atoms with Crippen LogP contribution in [0.2, 0.25) is 0 Å². The summed E-state index contributed by atoms with van der Waals surface area (Å²) in [6, 6.07) is 24.6. The van der Waals surface area contributed by atoms with Gasteiger partial charge in [-0.2, -0.15) is 0 Å². The van der Waals surface area contributed by atoms with E-state index in [1.165, 1.54) is 29.7 Å². The summed E-state index contributed by atoms with van der Waals surface area (Å²) in [4.78, 5) is 21.2. The molecule has 48 heavy (non-hydrogen) atoms. The second kappa shape index (κ2) is 15.3. The molecule has 0 spiro atoms. The molecule has 6 rings (SSSR count). The number of benzene rings is 3. The summed E-state index contributed by atoms with van der Waals surface area (Å²) in [6.07, 6.45) is 7.84. The van der Waals surface area contributed by atoms with E-state index in [0.29, 0.717) is 41.9 Å². The lowest BCUT2D eigenvalue weighted by Crippen LogP contribution is -2.38. The van der Waals surface area contributed by atoms with E-state index >= 15 is 0 Å². The van der Waals surface area contributed by atoms with Gasteiger partial charge in [0.25, 0.3) is 0 Å². The van der Waals surface area contributed by atoms with Crippen molar-refractivity contribution in [2.24, 2.45) is 5.92 Å². The highest BCUT2D eigenvalue weighted by atomic mass is 16.4. The number of aromatic amines is 1. The van der Waals surface area contributed by atoms with Crippen molar-refractivity contribution in [2.45, 2.75) is 63.2 Å². The molecule has 1 saturated carbocycles. The Hall–Kier alpha value is -4.28. The van der Waals surface area contributed by atoms with Crippen molar-refractivity contribution < 1.29 is 19.7 Å². The van der Waals surface area contributed by atoms with Gasteiger partial charge in [-0.15, -0.1) is 0 Å². The van der Waals surface area contributed by atoms with Crippen LogP contribution in [0.15, 0.2) is 94.3 Å². The molecule has 0 saturated heterocycles. The molecule has 0 radical (unpaired) electrons. The summed E-state index contributed by atoms with van der Waals surface area (Å²) >= 11 is 0. The number of rotatable bonds is 14. The SMILES string of the molecule is CN(CCc1cnc([C@](O)(c2ccccc2)C2CCCCC2)o1)Cc1cccc(CCNC[C@H](O)c2ccc(O)c3[nH]c(=O)ccc23)c1. The predicted octanol–water partition coefficient (Wildman–Crippen LogP) is 5.58. The zero-order valence-corrected chi connectivity index (χ0v) is 27.6. The molecular weight excluding hydrogens is 604 g/mol. The van der Waals surface area contributed by atoms with Crippen molar-refractivity contribution in [2.75, 3.05) is 26.7 Å². The summed E-state index contributed by atoms with van der Waals surface area (Å²) in [5, 5.41) is 37.0. The lowest BCUT2D eigenvalue weighted by Gasteiger charge is -2.36. The number of likely N-dealkylation sites (N-methyl/N-ethyl adjacent to an activating group) is 1. The number of oxazole rings is 1. The highest BCUT2D eigenvalue weighted by Crippen LogP contribution is 2.43. The Bertz CT molecular complexity index is 1850. The number of phenolic OH excluding ortho intramolecular Hbond substituents is 1. The Morgan fingerprint density at radius 2 is 1.79 bits per heavy atom. The first-order chi connectivity index (χ1) is 23.3. The molecule has 1 aliphatic rings. The van der Waals surface area contributed by atoms with Crippen LogP contribution in [-0.2, 0) is 25.0 Å². The first kappa shape index (κ1) is 33.6.